The van der Waals surface area contributed by atoms with E-state index in [0.29, 0.717) is 11.7 Å². The molecule has 4 heteroatoms. The van der Waals surface area contributed by atoms with Crippen molar-refractivity contribution in [3.05, 3.63) is 23.0 Å². The lowest BCUT2D eigenvalue weighted by atomic mass is 10.1. The van der Waals surface area contributed by atoms with Crippen molar-refractivity contribution in [3.63, 3.8) is 0 Å². The molecule has 0 saturated heterocycles. The molecule has 0 saturated carbocycles. The van der Waals surface area contributed by atoms with E-state index in [1.165, 1.54) is 0 Å². The summed E-state index contributed by atoms with van der Waals surface area (Å²) in [5, 5.41) is -0.0966. The van der Waals surface area contributed by atoms with Gasteiger partial charge in [0.2, 0.25) is 0 Å². The predicted molar refractivity (Wildman–Crippen MR) is 45.5 cm³/mol. The molecule has 0 radical (unpaired) electrons. The first kappa shape index (κ1) is 9.39. The minimum atomic E-state index is -0.566. The van der Waals surface area contributed by atoms with Gasteiger partial charge in [0.25, 0.3) is 0 Å². The third-order valence-electron chi connectivity index (χ3n) is 1.34. The number of nitrogens with zero attached hydrogens (tertiary/aromatic N) is 2. The van der Waals surface area contributed by atoms with Crippen LogP contribution in [0.4, 0.5) is 4.39 Å². The van der Waals surface area contributed by atoms with Gasteiger partial charge >= 0.3 is 0 Å². The van der Waals surface area contributed by atoms with E-state index in [0.717, 1.165) is 12.6 Å². The lowest BCUT2D eigenvalue weighted by Gasteiger charge is -2.02. The second-order valence-corrected chi connectivity index (χ2v) is 3.38. The SMILES string of the molecule is CC(C)Cc1ncc(F)c(Cl)n1. The third-order valence-corrected chi connectivity index (χ3v) is 1.61. The molecule has 0 spiro atoms. The average Bonchev–Trinajstić information content (AvgIpc) is 1.96. The molecule has 1 aromatic rings. The summed E-state index contributed by atoms with van der Waals surface area (Å²) >= 11 is 5.47. The molecule has 1 rings (SSSR count). The zero-order valence-corrected chi connectivity index (χ0v) is 7.77. The van der Waals surface area contributed by atoms with Gasteiger partial charge in [0.15, 0.2) is 11.0 Å². The topological polar surface area (TPSA) is 25.8 Å². The van der Waals surface area contributed by atoms with Crippen LogP contribution in [-0.2, 0) is 6.42 Å². The highest BCUT2D eigenvalue weighted by Crippen LogP contribution is 2.11. The average molecular weight is 189 g/mol. The zero-order valence-electron chi connectivity index (χ0n) is 7.01. The van der Waals surface area contributed by atoms with Gasteiger partial charge in [-0.05, 0) is 5.92 Å². The minimum absolute atomic E-state index is 0.0966. The Labute approximate surface area is 75.8 Å². The molecular weight excluding hydrogens is 179 g/mol. The highest BCUT2D eigenvalue weighted by atomic mass is 35.5. The number of hydrogen-bond donors (Lipinski definition) is 0. The second-order valence-electron chi connectivity index (χ2n) is 3.02. The summed E-state index contributed by atoms with van der Waals surface area (Å²) in [4.78, 5) is 7.60. The van der Waals surface area contributed by atoms with Crippen LogP contribution in [0.15, 0.2) is 6.20 Å². The van der Waals surface area contributed by atoms with Gasteiger partial charge in [-0.2, -0.15) is 0 Å². The molecule has 0 aromatic carbocycles. The number of aromatic nitrogens is 2. The van der Waals surface area contributed by atoms with E-state index >= 15 is 0 Å². The van der Waals surface area contributed by atoms with Crippen LogP contribution in [0.3, 0.4) is 0 Å². The fourth-order valence-corrected chi connectivity index (χ4v) is 0.990. The van der Waals surface area contributed by atoms with E-state index in [9.17, 15) is 4.39 Å². The monoisotopic (exact) mass is 188 g/mol. The lowest BCUT2D eigenvalue weighted by molar-refractivity contribution is 0.587. The van der Waals surface area contributed by atoms with E-state index in [1.54, 1.807) is 0 Å². The number of hydrogen-bond acceptors (Lipinski definition) is 2. The highest BCUT2D eigenvalue weighted by Gasteiger charge is 2.05. The normalized spacial score (nSPS) is 10.8. The van der Waals surface area contributed by atoms with Crippen molar-refractivity contribution in [2.24, 2.45) is 5.92 Å². The maximum Gasteiger partial charge on any atom is 0.178 e. The van der Waals surface area contributed by atoms with Gasteiger partial charge in [-0.3, -0.25) is 0 Å². The number of rotatable bonds is 2. The molecule has 1 heterocycles. The Balaban J connectivity index is 2.82. The molecule has 0 aliphatic rings. The maximum absolute atomic E-state index is 12.6. The Morgan fingerprint density at radius 2 is 2.25 bits per heavy atom. The van der Waals surface area contributed by atoms with Crippen molar-refractivity contribution in [2.75, 3.05) is 0 Å². The van der Waals surface area contributed by atoms with Crippen LogP contribution in [0.1, 0.15) is 19.7 Å². The summed E-state index contributed by atoms with van der Waals surface area (Å²) in [6.45, 7) is 4.08. The van der Waals surface area contributed by atoms with Crippen LogP contribution in [0, 0.1) is 11.7 Å². The first-order valence-electron chi connectivity index (χ1n) is 3.76. The van der Waals surface area contributed by atoms with Crippen LogP contribution >= 0.6 is 11.6 Å². The fraction of sp³-hybridized carbons (Fsp3) is 0.500. The minimum Gasteiger partial charge on any atom is -0.238 e. The molecule has 0 unspecified atom stereocenters. The third kappa shape index (κ3) is 2.41. The van der Waals surface area contributed by atoms with E-state index in [1.807, 2.05) is 13.8 Å². The van der Waals surface area contributed by atoms with Gasteiger partial charge in [-0.15, -0.1) is 0 Å². The lowest BCUT2D eigenvalue weighted by Crippen LogP contribution is -2.01. The Hall–Kier alpha value is -0.700. The molecule has 0 atom stereocenters. The van der Waals surface area contributed by atoms with E-state index in [4.69, 9.17) is 11.6 Å². The van der Waals surface area contributed by atoms with E-state index in [-0.39, 0.29) is 5.15 Å². The van der Waals surface area contributed by atoms with Gasteiger partial charge in [-0.25, -0.2) is 14.4 Å². The quantitative estimate of drug-likeness (QED) is 0.667. The zero-order chi connectivity index (χ0) is 9.14. The van der Waals surface area contributed by atoms with Crippen LogP contribution in [0.25, 0.3) is 0 Å². The second kappa shape index (κ2) is 3.81. The van der Waals surface area contributed by atoms with Crippen molar-refractivity contribution in [3.8, 4) is 0 Å². The predicted octanol–water partition coefficient (Wildman–Crippen LogP) is 2.47. The Morgan fingerprint density at radius 3 is 2.75 bits per heavy atom. The molecule has 0 aliphatic heterocycles. The van der Waals surface area contributed by atoms with Crippen LogP contribution in [0.5, 0.6) is 0 Å². The van der Waals surface area contributed by atoms with Crippen LogP contribution < -0.4 is 0 Å². The number of halogens is 2. The molecule has 0 N–H and O–H groups in total. The summed E-state index contributed by atoms with van der Waals surface area (Å²) in [7, 11) is 0. The summed E-state index contributed by atoms with van der Waals surface area (Å²) in [5.74, 6) is 0.479. The molecule has 66 valence electrons. The summed E-state index contributed by atoms with van der Waals surface area (Å²) < 4.78 is 12.6. The Bertz CT molecular complexity index is 276. The van der Waals surface area contributed by atoms with E-state index in [2.05, 4.69) is 9.97 Å². The summed E-state index contributed by atoms with van der Waals surface area (Å²) in [6, 6.07) is 0. The smallest absolute Gasteiger partial charge is 0.178 e. The van der Waals surface area contributed by atoms with Crippen molar-refractivity contribution in [2.45, 2.75) is 20.3 Å². The van der Waals surface area contributed by atoms with E-state index < -0.39 is 5.82 Å². The molecule has 0 amide bonds. The van der Waals surface area contributed by atoms with Gasteiger partial charge in [0.05, 0.1) is 6.20 Å². The molecule has 0 fully saturated rings. The standard InChI is InChI=1S/C8H10ClFN2/c1-5(2)3-7-11-4-6(10)8(9)12-7/h4-5H,3H2,1-2H3. The molecule has 0 bridgehead atoms. The fourth-order valence-electron chi connectivity index (χ4n) is 0.844. The summed E-state index contributed by atoms with van der Waals surface area (Å²) in [6.07, 6.45) is 1.83. The maximum atomic E-state index is 12.6. The molecular formula is C8H10ClFN2. The van der Waals surface area contributed by atoms with Crippen molar-refractivity contribution in [1.29, 1.82) is 0 Å². The van der Waals surface area contributed by atoms with Crippen LogP contribution in [0.2, 0.25) is 5.15 Å². The van der Waals surface area contributed by atoms with Crippen molar-refractivity contribution >= 4 is 11.6 Å². The first-order valence-corrected chi connectivity index (χ1v) is 4.14. The van der Waals surface area contributed by atoms with Gasteiger partial charge in [0, 0.05) is 6.42 Å². The molecule has 2 nitrogen and oxygen atoms in total. The van der Waals surface area contributed by atoms with Crippen molar-refractivity contribution in [1.82, 2.24) is 9.97 Å². The largest absolute Gasteiger partial charge is 0.238 e. The molecule has 0 aliphatic carbocycles. The van der Waals surface area contributed by atoms with Gasteiger partial charge in [-0.1, -0.05) is 25.4 Å². The Morgan fingerprint density at radius 1 is 1.58 bits per heavy atom. The van der Waals surface area contributed by atoms with Gasteiger partial charge < -0.3 is 0 Å². The summed E-state index contributed by atoms with van der Waals surface area (Å²) in [5.41, 5.74) is 0. The van der Waals surface area contributed by atoms with Gasteiger partial charge in [0.1, 0.15) is 5.82 Å². The first-order chi connectivity index (χ1) is 5.59. The molecule has 12 heavy (non-hydrogen) atoms. The van der Waals surface area contributed by atoms with Crippen molar-refractivity contribution < 1.29 is 4.39 Å². The molecule has 1 aromatic heterocycles. The van der Waals surface area contributed by atoms with Crippen LogP contribution in [-0.4, -0.2) is 9.97 Å². The highest BCUT2D eigenvalue weighted by molar-refractivity contribution is 6.29. The Kier molecular flexibility index (Phi) is 2.98.